The predicted molar refractivity (Wildman–Crippen MR) is 110 cm³/mol. The summed E-state index contributed by atoms with van der Waals surface area (Å²) in [4.78, 5) is 26.8. The van der Waals surface area contributed by atoms with Crippen molar-refractivity contribution in [3.05, 3.63) is 72.4 Å². The third kappa shape index (κ3) is 4.09. The van der Waals surface area contributed by atoms with Gasteiger partial charge in [-0.2, -0.15) is 0 Å². The summed E-state index contributed by atoms with van der Waals surface area (Å²) in [6, 6.07) is 19.7. The monoisotopic (exact) mass is 375 g/mol. The van der Waals surface area contributed by atoms with Crippen molar-refractivity contribution < 1.29 is 9.59 Å². The molecule has 0 radical (unpaired) electrons. The number of hydrogen-bond donors (Lipinski definition) is 1. The van der Waals surface area contributed by atoms with Gasteiger partial charge in [0.1, 0.15) is 0 Å². The van der Waals surface area contributed by atoms with Crippen LogP contribution in [0.3, 0.4) is 0 Å². The summed E-state index contributed by atoms with van der Waals surface area (Å²) in [5.74, 6) is 0.149. The van der Waals surface area contributed by atoms with Gasteiger partial charge in [0.15, 0.2) is 0 Å². The second-order valence-electron chi connectivity index (χ2n) is 7.31. The fourth-order valence-corrected chi connectivity index (χ4v) is 3.84. The maximum Gasteiger partial charge on any atom is 0.251 e. The fraction of sp³-hybridized carbons (Fsp3) is 0.304. The molecule has 1 saturated heterocycles. The third-order valence-electron chi connectivity index (χ3n) is 5.47. The lowest BCUT2D eigenvalue weighted by atomic mass is 10.0. The van der Waals surface area contributed by atoms with E-state index in [2.05, 4.69) is 28.1 Å². The van der Waals surface area contributed by atoms with Gasteiger partial charge in [-0.15, -0.1) is 0 Å². The van der Waals surface area contributed by atoms with E-state index < -0.39 is 0 Å². The number of fused-ring (bicyclic) bond motifs is 1. The molecule has 1 aromatic heterocycles. The first-order valence-electron chi connectivity index (χ1n) is 9.88. The van der Waals surface area contributed by atoms with Crippen LogP contribution in [0.2, 0.25) is 0 Å². The Labute approximate surface area is 165 Å². The molecular weight excluding hydrogens is 350 g/mol. The predicted octanol–water partition coefficient (Wildman–Crippen LogP) is 3.45. The number of aryl methyl sites for hydroxylation is 1. The summed E-state index contributed by atoms with van der Waals surface area (Å²) in [7, 11) is 0. The van der Waals surface area contributed by atoms with Crippen LogP contribution >= 0.6 is 0 Å². The number of likely N-dealkylation sites (tertiary alicyclic amines) is 1. The van der Waals surface area contributed by atoms with Crippen LogP contribution in [0, 0.1) is 0 Å². The number of benzene rings is 2. The molecule has 28 heavy (non-hydrogen) atoms. The average molecular weight is 375 g/mol. The molecule has 5 nitrogen and oxygen atoms in total. The maximum atomic E-state index is 12.6. The lowest BCUT2D eigenvalue weighted by molar-refractivity contribution is -0.132. The van der Waals surface area contributed by atoms with Crippen molar-refractivity contribution in [3.8, 4) is 0 Å². The molecule has 0 saturated carbocycles. The number of aromatic nitrogens is 1. The molecule has 0 unspecified atom stereocenters. The van der Waals surface area contributed by atoms with Crippen LogP contribution in [0.25, 0.3) is 10.9 Å². The summed E-state index contributed by atoms with van der Waals surface area (Å²) in [5, 5.41) is 4.29. The highest BCUT2D eigenvalue weighted by Crippen LogP contribution is 2.17. The van der Waals surface area contributed by atoms with Crippen LogP contribution in [0.15, 0.2) is 66.9 Å². The number of hydrogen-bond acceptors (Lipinski definition) is 2. The van der Waals surface area contributed by atoms with Gasteiger partial charge in [0.2, 0.25) is 5.91 Å². The van der Waals surface area contributed by atoms with E-state index in [9.17, 15) is 9.59 Å². The highest BCUT2D eigenvalue weighted by atomic mass is 16.2. The fourth-order valence-electron chi connectivity index (χ4n) is 3.84. The molecule has 1 aliphatic rings. The molecular formula is C23H25N3O2. The molecule has 5 heteroatoms. The van der Waals surface area contributed by atoms with Crippen LogP contribution < -0.4 is 5.32 Å². The largest absolute Gasteiger partial charge is 0.349 e. The maximum absolute atomic E-state index is 12.6. The standard InChI is InChI=1S/C23H25N3O2/c27-22(13-17-25-14-10-18-6-4-5-9-21(18)25)26-15-11-20(12-16-26)24-23(28)19-7-2-1-3-8-19/h1-10,14,20H,11-13,15-17H2,(H,24,28). The van der Waals surface area contributed by atoms with Gasteiger partial charge in [-0.3, -0.25) is 9.59 Å². The zero-order valence-electron chi connectivity index (χ0n) is 15.9. The first-order valence-corrected chi connectivity index (χ1v) is 9.88. The molecule has 0 spiro atoms. The van der Waals surface area contributed by atoms with Crippen LogP contribution in [0.1, 0.15) is 29.6 Å². The molecule has 0 bridgehead atoms. The molecule has 144 valence electrons. The van der Waals surface area contributed by atoms with Gasteiger partial charge in [0, 0.05) is 49.4 Å². The smallest absolute Gasteiger partial charge is 0.251 e. The average Bonchev–Trinajstić information content (AvgIpc) is 3.16. The van der Waals surface area contributed by atoms with Gasteiger partial charge < -0.3 is 14.8 Å². The lowest BCUT2D eigenvalue weighted by Crippen LogP contribution is -2.46. The van der Waals surface area contributed by atoms with E-state index in [4.69, 9.17) is 0 Å². The van der Waals surface area contributed by atoms with Crippen molar-refractivity contribution in [2.45, 2.75) is 31.8 Å². The molecule has 2 aromatic carbocycles. The normalized spacial score (nSPS) is 14.9. The van der Waals surface area contributed by atoms with Gasteiger partial charge >= 0.3 is 0 Å². The molecule has 0 atom stereocenters. The Morgan fingerprint density at radius 2 is 1.64 bits per heavy atom. The van der Waals surface area contributed by atoms with Gasteiger partial charge in [0.05, 0.1) is 0 Å². The van der Waals surface area contributed by atoms with Crippen molar-refractivity contribution in [3.63, 3.8) is 0 Å². The molecule has 1 fully saturated rings. The number of piperidine rings is 1. The minimum Gasteiger partial charge on any atom is -0.349 e. The first kappa shape index (κ1) is 18.3. The second kappa shape index (κ2) is 8.30. The van der Waals surface area contributed by atoms with Crippen molar-refractivity contribution >= 4 is 22.7 Å². The zero-order chi connectivity index (χ0) is 19.3. The van der Waals surface area contributed by atoms with Crippen molar-refractivity contribution in [2.24, 2.45) is 0 Å². The van der Waals surface area contributed by atoms with E-state index in [0.717, 1.165) is 18.4 Å². The lowest BCUT2D eigenvalue weighted by Gasteiger charge is -2.32. The summed E-state index contributed by atoms with van der Waals surface area (Å²) >= 11 is 0. The molecule has 3 aromatic rings. The molecule has 4 rings (SSSR count). The SMILES string of the molecule is O=C(NC1CCN(C(=O)CCn2ccc3ccccc32)CC1)c1ccccc1. The highest BCUT2D eigenvalue weighted by molar-refractivity contribution is 5.94. The Morgan fingerprint density at radius 1 is 0.929 bits per heavy atom. The summed E-state index contributed by atoms with van der Waals surface area (Å²) in [6.45, 7) is 2.09. The van der Waals surface area contributed by atoms with Crippen molar-refractivity contribution in [1.82, 2.24) is 14.8 Å². The Balaban J connectivity index is 1.25. The van der Waals surface area contributed by atoms with E-state index in [1.807, 2.05) is 53.6 Å². The van der Waals surface area contributed by atoms with Gasteiger partial charge in [-0.1, -0.05) is 36.4 Å². The van der Waals surface area contributed by atoms with Gasteiger partial charge in [-0.05, 0) is 42.5 Å². The Kier molecular flexibility index (Phi) is 5.42. The van der Waals surface area contributed by atoms with E-state index in [-0.39, 0.29) is 17.9 Å². The van der Waals surface area contributed by atoms with Crippen LogP contribution in [0.5, 0.6) is 0 Å². The van der Waals surface area contributed by atoms with Crippen LogP contribution in [-0.4, -0.2) is 40.4 Å². The van der Waals surface area contributed by atoms with E-state index in [1.165, 1.54) is 5.39 Å². The minimum atomic E-state index is -0.0372. The zero-order valence-corrected chi connectivity index (χ0v) is 15.9. The molecule has 1 N–H and O–H groups in total. The van der Waals surface area contributed by atoms with E-state index >= 15 is 0 Å². The summed E-state index contributed by atoms with van der Waals surface area (Å²) in [6.07, 6.45) is 4.15. The second-order valence-corrected chi connectivity index (χ2v) is 7.31. The molecule has 1 aliphatic heterocycles. The van der Waals surface area contributed by atoms with Crippen molar-refractivity contribution in [2.75, 3.05) is 13.1 Å². The Morgan fingerprint density at radius 3 is 2.43 bits per heavy atom. The number of carbonyl (C=O) groups is 2. The highest BCUT2D eigenvalue weighted by Gasteiger charge is 2.24. The van der Waals surface area contributed by atoms with E-state index in [1.54, 1.807) is 0 Å². The van der Waals surface area contributed by atoms with Crippen LogP contribution in [-0.2, 0) is 11.3 Å². The summed E-state index contributed by atoms with van der Waals surface area (Å²) < 4.78 is 2.14. The molecule has 0 aliphatic carbocycles. The minimum absolute atomic E-state index is 0.0372. The third-order valence-corrected chi connectivity index (χ3v) is 5.47. The Bertz CT molecular complexity index is 956. The van der Waals surface area contributed by atoms with Gasteiger partial charge in [-0.25, -0.2) is 0 Å². The van der Waals surface area contributed by atoms with Crippen molar-refractivity contribution in [1.29, 1.82) is 0 Å². The molecule has 2 heterocycles. The quantitative estimate of drug-likeness (QED) is 0.743. The number of nitrogens with one attached hydrogen (secondary N) is 1. The Hall–Kier alpha value is -3.08. The van der Waals surface area contributed by atoms with Gasteiger partial charge in [0.25, 0.3) is 5.91 Å². The molecule has 2 amide bonds. The number of carbonyl (C=O) groups excluding carboxylic acids is 2. The van der Waals surface area contributed by atoms with E-state index in [0.29, 0.717) is 31.6 Å². The number of para-hydroxylation sites is 1. The first-order chi connectivity index (χ1) is 13.7. The number of amides is 2. The number of nitrogens with zero attached hydrogens (tertiary/aromatic N) is 2. The summed E-state index contributed by atoms with van der Waals surface area (Å²) in [5.41, 5.74) is 1.84. The van der Waals surface area contributed by atoms with Crippen LogP contribution in [0.4, 0.5) is 0 Å². The topological polar surface area (TPSA) is 54.3 Å². The number of rotatable bonds is 5.